The molecule has 11 heteroatoms. The second kappa shape index (κ2) is 8.42. The Labute approximate surface area is 213 Å². The third kappa shape index (κ3) is 3.98. The average Bonchev–Trinajstić information content (AvgIpc) is 3.26. The van der Waals surface area contributed by atoms with E-state index in [0.29, 0.717) is 24.8 Å². The van der Waals surface area contributed by atoms with Gasteiger partial charge >= 0.3 is 6.03 Å². The van der Waals surface area contributed by atoms with Crippen LogP contribution < -0.4 is 10.0 Å². The third-order valence-corrected chi connectivity index (χ3v) is 8.67. The van der Waals surface area contributed by atoms with Gasteiger partial charge in [0.15, 0.2) is 5.03 Å². The van der Waals surface area contributed by atoms with E-state index in [2.05, 4.69) is 26.2 Å². The molecule has 37 heavy (non-hydrogen) atoms. The maximum atomic E-state index is 13.1. The van der Waals surface area contributed by atoms with Crippen molar-refractivity contribution in [3.8, 4) is 11.1 Å². The van der Waals surface area contributed by atoms with Crippen molar-refractivity contribution in [2.75, 3.05) is 11.9 Å². The Morgan fingerprint density at radius 3 is 2.86 bits per heavy atom. The molecule has 3 aromatic heterocycles. The molecular weight excluding hydrogens is 492 g/mol. The minimum absolute atomic E-state index is 0.138. The molecule has 0 bridgehead atoms. The Balaban J connectivity index is 1.18. The number of nitrogens with one attached hydrogen (secondary N) is 2. The van der Waals surface area contributed by atoms with Crippen LogP contribution in [0.1, 0.15) is 42.2 Å². The molecule has 1 aromatic carbocycles. The van der Waals surface area contributed by atoms with Crippen LogP contribution in [0.3, 0.4) is 0 Å². The van der Waals surface area contributed by atoms with Gasteiger partial charge in [-0.2, -0.15) is 13.5 Å². The number of hydrogen-bond donors (Lipinski definition) is 2. The summed E-state index contributed by atoms with van der Waals surface area (Å²) in [5.74, 6) is 0.405. The first-order chi connectivity index (χ1) is 18.0. The number of fused-ring (bicyclic) bond motifs is 3. The minimum atomic E-state index is -4.18. The fraction of sp³-hybridized carbons (Fsp3) is 0.346. The van der Waals surface area contributed by atoms with E-state index in [-0.39, 0.29) is 11.1 Å². The lowest BCUT2D eigenvalue weighted by Gasteiger charge is -2.23. The largest absolute Gasteiger partial charge is 0.370 e. The molecule has 2 N–H and O–H groups in total. The number of hydrogen-bond acceptors (Lipinski definition) is 6. The van der Waals surface area contributed by atoms with Crippen molar-refractivity contribution in [3.05, 3.63) is 65.7 Å². The van der Waals surface area contributed by atoms with Crippen molar-refractivity contribution in [2.45, 2.75) is 49.8 Å². The van der Waals surface area contributed by atoms with Crippen LogP contribution >= 0.6 is 0 Å². The summed E-state index contributed by atoms with van der Waals surface area (Å²) in [5.41, 5.74) is 6.08. The Morgan fingerprint density at radius 1 is 1.11 bits per heavy atom. The quantitative estimate of drug-likeness (QED) is 0.416. The molecule has 4 aromatic rings. The van der Waals surface area contributed by atoms with Gasteiger partial charge in [0, 0.05) is 30.2 Å². The van der Waals surface area contributed by atoms with Gasteiger partial charge in [0.1, 0.15) is 11.8 Å². The van der Waals surface area contributed by atoms with Gasteiger partial charge in [-0.3, -0.25) is 4.68 Å². The monoisotopic (exact) mass is 518 g/mol. The molecule has 0 saturated heterocycles. The molecule has 1 fully saturated rings. The summed E-state index contributed by atoms with van der Waals surface area (Å²) in [6.45, 7) is 0.982. The average molecular weight is 519 g/mol. The van der Waals surface area contributed by atoms with Crippen LogP contribution in [0.15, 0.2) is 53.9 Å². The first-order valence-corrected chi connectivity index (χ1v) is 14.1. The van der Waals surface area contributed by atoms with E-state index in [1.165, 1.54) is 6.07 Å². The Bertz CT molecular complexity index is 1650. The van der Waals surface area contributed by atoms with E-state index in [0.717, 1.165) is 65.7 Å². The predicted octanol–water partition coefficient (Wildman–Crippen LogP) is 3.68. The Morgan fingerprint density at radius 2 is 2.00 bits per heavy atom. The lowest BCUT2D eigenvalue weighted by molar-refractivity contribution is 0.00273. The van der Waals surface area contributed by atoms with Crippen LogP contribution in [0.25, 0.3) is 16.8 Å². The molecule has 2 aliphatic carbocycles. The van der Waals surface area contributed by atoms with Gasteiger partial charge in [-0.1, -0.05) is 12.1 Å². The van der Waals surface area contributed by atoms with Crippen LogP contribution in [0.5, 0.6) is 0 Å². The number of carbonyl (C=O) groups is 1. The number of urea groups is 1. The maximum absolute atomic E-state index is 13.1. The molecule has 0 radical (unpaired) electrons. The van der Waals surface area contributed by atoms with Crippen molar-refractivity contribution in [2.24, 2.45) is 5.92 Å². The second-order valence-electron chi connectivity index (χ2n) is 9.91. The van der Waals surface area contributed by atoms with Crippen LogP contribution in [0.4, 0.5) is 10.5 Å². The summed E-state index contributed by atoms with van der Waals surface area (Å²) >= 11 is 0. The molecule has 190 valence electrons. The second-order valence-corrected chi connectivity index (χ2v) is 11.5. The fourth-order valence-electron chi connectivity index (χ4n) is 5.51. The Hall–Kier alpha value is -3.70. The SMILES string of the molecule is O=C(Nc1c(-c2ccn3ccnc3c2)ccc2c1CCC2)NS(=O)(=O)c1cc2n(n1)CCO[C@@H]2C1CC1. The van der Waals surface area contributed by atoms with Crippen LogP contribution in [0, 0.1) is 5.92 Å². The zero-order valence-corrected chi connectivity index (χ0v) is 20.9. The van der Waals surface area contributed by atoms with Crippen molar-refractivity contribution >= 4 is 27.4 Å². The number of carbonyl (C=O) groups excluding carboxylic acids is 1. The zero-order valence-electron chi connectivity index (χ0n) is 20.1. The van der Waals surface area contributed by atoms with Gasteiger partial charge in [-0.25, -0.2) is 14.5 Å². The molecular formula is C26H26N6O4S. The highest BCUT2D eigenvalue weighted by atomic mass is 32.2. The van der Waals surface area contributed by atoms with Gasteiger partial charge in [0.25, 0.3) is 10.0 Å². The summed E-state index contributed by atoms with van der Waals surface area (Å²) in [6, 6.07) is 8.68. The number of anilines is 1. The summed E-state index contributed by atoms with van der Waals surface area (Å²) in [7, 11) is -4.18. The molecule has 4 heterocycles. The number of rotatable bonds is 5. The summed E-state index contributed by atoms with van der Waals surface area (Å²) in [4.78, 5) is 17.5. The van der Waals surface area contributed by atoms with E-state index in [1.54, 1.807) is 10.9 Å². The summed E-state index contributed by atoms with van der Waals surface area (Å²) < 4.78 is 37.9. The van der Waals surface area contributed by atoms with E-state index in [9.17, 15) is 13.2 Å². The van der Waals surface area contributed by atoms with E-state index < -0.39 is 16.1 Å². The molecule has 0 unspecified atom stereocenters. The Kier molecular flexibility index (Phi) is 5.12. The highest BCUT2D eigenvalue weighted by molar-refractivity contribution is 7.90. The molecule has 0 spiro atoms. The summed E-state index contributed by atoms with van der Waals surface area (Å²) in [6.07, 6.45) is 10.2. The van der Waals surface area contributed by atoms with Crippen molar-refractivity contribution in [1.29, 1.82) is 0 Å². The fourth-order valence-corrected chi connectivity index (χ4v) is 6.40. The number of benzene rings is 1. The van der Waals surface area contributed by atoms with Gasteiger partial charge in [-0.05, 0) is 66.8 Å². The molecule has 3 aliphatic rings. The van der Waals surface area contributed by atoms with E-state index in [4.69, 9.17) is 4.74 Å². The number of ether oxygens (including phenoxy) is 1. The van der Waals surface area contributed by atoms with Crippen molar-refractivity contribution in [3.63, 3.8) is 0 Å². The van der Waals surface area contributed by atoms with Gasteiger partial charge < -0.3 is 14.5 Å². The van der Waals surface area contributed by atoms with Gasteiger partial charge in [0.2, 0.25) is 0 Å². The molecule has 7 rings (SSSR count). The molecule has 1 atom stereocenters. The van der Waals surface area contributed by atoms with E-state index >= 15 is 0 Å². The summed E-state index contributed by atoms with van der Waals surface area (Å²) in [5, 5.41) is 6.98. The number of pyridine rings is 1. The first kappa shape index (κ1) is 22.5. The lowest BCUT2D eigenvalue weighted by atomic mass is 9.98. The normalized spacial score (nSPS) is 19.0. The third-order valence-electron chi connectivity index (χ3n) is 7.46. The first-order valence-electron chi connectivity index (χ1n) is 12.6. The minimum Gasteiger partial charge on any atom is -0.370 e. The maximum Gasteiger partial charge on any atom is 0.333 e. The number of aromatic nitrogens is 4. The number of sulfonamides is 1. The smallest absolute Gasteiger partial charge is 0.333 e. The van der Waals surface area contributed by atoms with E-state index in [1.807, 2.05) is 35.0 Å². The van der Waals surface area contributed by atoms with Crippen molar-refractivity contribution in [1.82, 2.24) is 23.9 Å². The van der Waals surface area contributed by atoms with Crippen LogP contribution in [-0.4, -0.2) is 40.2 Å². The topological polar surface area (TPSA) is 120 Å². The molecule has 2 amide bonds. The van der Waals surface area contributed by atoms with Gasteiger partial charge in [-0.15, -0.1) is 0 Å². The number of nitrogens with zero attached hydrogens (tertiary/aromatic N) is 4. The highest BCUT2D eigenvalue weighted by Crippen LogP contribution is 2.45. The van der Waals surface area contributed by atoms with Gasteiger partial charge in [0.05, 0.1) is 24.5 Å². The predicted molar refractivity (Wildman–Crippen MR) is 136 cm³/mol. The standard InChI is InChI=1S/C26H26N6O4S/c33-26(30-37(34,35)23-15-21-25(17-4-5-17)36-13-12-32(21)29-23)28-24-19-3-1-2-16(19)6-7-20(24)18-8-10-31-11-9-27-22(31)14-18/h6-11,14-15,17,25H,1-5,12-13H2,(H2,28,30,33)/t25-/m1/s1. The lowest BCUT2D eigenvalue weighted by Crippen LogP contribution is -2.35. The van der Waals surface area contributed by atoms with Crippen molar-refractivity contribution < 1.29 is 17.9 Å². The van der Waals surface area contributed by atoms with Crippen LogP contribution in [-0.2, 0) is 34.1 Å². The number of amides is 2. The molecule has 10 nitrogen and oxygen atoms in total. The molecule has 1 aliphatic heterocycles. The highest BCUT2D eigenvalue weighted by Gasteiger charge is 2.38. The number of imidazole rings is 1. The van der Waals surface area contributed by atoms with Crippen LogP contribution in [0.2, 0.25) is 0 Å². The zero-order chi connectivity index (χ0) is 25.1. The molecule has 1 saturated carbocycles. The number of aryl methyl sites for hydroxylation is 1.